The molecule has 0 nitrogen and oxygen atoms in total. The van der Waals surface area contributed by atoms with Crippen LogP contribution in [0.15, 0.2) is 243 Å². The first-order chi connectivity index (χ1) is 37.0. The molecular weight excluding hydrogens is 917 g/mol. The average Bonchev–Trinajstić information content (AvgIpc) is 4.05. The molecule has 0 amide bonds. The van der Waals surface area contributed by atoms with Crippen molar-refractivity contribution in [2.24, 2.45) is 0 Å². The van der Waals surface area contributed by atoms with E-state index in [2.05, 4.69) is 256 Å². The van der Waals surface area contributed by atoms with Crippen LogP contribution in [-0.4, -0.2) is 8.07 Å². The van der Waals surface area contributed by atoms with Crippen LogP contribution in [0.5, 0.6) is 0 Å². The third-order valence-corrected chi connectivity index (χ3v) is 21.3. The van der Waals surface area contributed by atoms with Gasteiger partial charge in [-0.3, -0.25) is 0 Å². The second kappa shape index (κ2) is 15.0. The molecule has 0 aromatic heterocycles. The normalized spacial score (nSPS) is 13.3. The smallest absolute Gasteiger partial charge is 0.0616 e. The fraction of sp³-hybridized carbons (Fsp3) is 0.0270. The summed E-state index contributed by atoms with van der Waals surface area (Å²) in [5.41, 5.74) is 23.6. The van der Waals surface area contributed by atoms with Crippen molar-refractivity contribution >= 4 is 83.1 Å². The van der Waals surface area contributed by atoms with E-state index in [-0.39, 0.29) is 0 Å². The summed E-state index contributed by atoms with van der Waals surface area (Å²) in [6.45, 7) is 5.18. The first-order valence-corrected chi connectivity index (χ1v) is 29.5. The molecule has 0 unspecified atom stereocenters. The highest BCUT2D eigenvalue weighted by molar-refractivity contribution is 7.04. The van der Waals surface area contributed by atoms with E-state index < -0.39 is 8.07 Å². The Morgan fingerprint density at radius 3 is 1.17 bits per heavy atom. The lowest BCUT2D eigenvalue weighted by Gasteiger charge is -2.24. The summed E-state index contributed by atoms with van der Waals surface area (Å²) < 4.78 is 0. The summed E-state index contributed by atoms with van der Waals surface area (Å²) in [4.78, 5) is 0. The van der Waals surface area contributed by atoms with E-state index >= 15 is 0 Å². The van der Waals surface area contributed by atoms with Crippen molar-refractivity contribution in [3.05, 3.63) is 243 Å². The fourth-order valence-electron chi connectivity index (χ4n) is 14.4. The van der Waals surface area contributed by atoms with Crippen molar-refractivity contribution in [2.45, 2.75) is 13.1 Å². The Morgan fingerprint density at radius 1 is 0.213 bits per heavy atom. The Bertz CT molecular complexity index is 4840. The predicted octanol–water partition coefficient (Wildman–Crippen LogP) is 19.4. The van der Waals surface area contributed by atoms with Gasteiger partial charge < -0.3 is 0 Å². The fourth-order valence-corrected chi connectivity index (χ4v) is 17.5. The maximum atomic E-state index is 2.69. The summed E-state index contributed by atoms with van der Waals surface area (Å²) >= 11 is 0. The molecule has 0 fully saturated rings. The van der Waals surface area contributed by atoms with Crippen LogP contribution in [0.2, 0.25) is 13.1 Å². The Labute approximate surface area is 436 Å². The molecule has 1 aliphatic heterocycles. The largest absolute Gasteiger partial charge is 0.113 e. The molecule has 17 rings (SSSR count). The highest BCUT2D eigenvalue weighted by Gasteiger charge is 2.39. The van der Waals surface area contributed by atoms with Gasteiger partial charge >= 0.3 is 0 Å². The molecular formula is C74H46Si. The quantitative estimate of drug-likeness (QED) is 0.122. The Balaban J connectivity index is 1.02. The summed E-state index contributed by atoms with van der Waals surface area (Å²) in [5.74, 6) is 0. The number of fused-ring (bicyclic) bond motifs is 13. The first-order valence-electron chi connectivity index (χ1n) is 26.5. The van der Waals surface area contributed by atoms with Crippen molar-refractivity contribution in [1.29, 1.82) is 0 Å². The van der Waals surface area contributed by atoms with E-state index in [1.807, 2.05) is 0 Å². The van der Waals surface area contributed by atoms with Gasteiger partial charge in [-0.05, 0) is 187 Å². The topological polar surface area (TPSA) is 0 Å². The minimum atomic E-state index is -2.30. The van der Waals surface area contributed by atoms with E-state index in [1.165, 1.54) is 175 Å². The molecule has 0 saturated heterocycles. The van der Waals surface area contributed by atoms with Gasteiger partial charge in [-0.25, -0.2) is 0 Å². The standard InChI is InChI=1S/C74H46Si/c1-75(2)69-40-46(50-26-12-18-44-16-4-6-20-48(44)50)31-33-55(69)65-41-67-68(42-70(65)75)74(63-38-36-61-54-24-10-8-22-52(54)57-28-14-30-59(63)72(57)61)66-39-45(49-25-11-17-43-15-3-5-19-47(43)49)32-34-64(66)73(67)62-37-35-60-53-23-9-7-21-51(53)56-27-13-29-58(62)71(56)60/h3-42H,1-2H3. The molecule has 0 N–H and O–H groups in total. The van der Waals surface area contributed by atoms with Gasteiger partial charge in [-0.15, -0.1) is 0 Å². The van der Waals surface area contributed by atoms with Crippen molar-refractivity contribution in [3.63, 3.8) is 0 Å². The zero-order valence-corrected chi connectivity index (χ0v) is 42.6. The molecule has 1 heterocycles. The summed E-state index contributed by atoms with van der Waals surface area (Å²) in [5, 5.41) is 18.6. The van der Waals surface area contributed by atoms with Gasteiger partial charge in [0.15, 0.2) is 0 Å². The molecule has 14 aromatic rings. The highest BCUT2D eigenvalue weighted by atomic mass is 28.3. The lowest BCUT2D eigenvalue weighted by molar-refractivity contribution is 1.66. The van der Waals surface area contributed by atoms with Crippen LogP contribution in [0.25, 0.3) is 165 Å². The van der Waals surface area contributed by atoms with Crippen LogP contribution in [0.3, 0.4) is 0 Å². The highest BCUT2D eigenvalue weighted by Crippen LogP contribution is 2.55. The van der Waals surface area contributed by atoms with E-state index in [9.17, 15) is 0 Å². The van der Waals surface area contributed by atoms with Gasteiger partial charge in [0.2, 0.25) is 0 Å². The molecule has 1 heteroatoms. The van der Waals surface area contributed by atoms with Gasteiger partial charge in [0.05, 0.1) is 0 Å². The van der Waals surface area contributed by atoms with Crippen molar-refractivity contribution in [2.75, 3.05) is 0 Å². The molecule has 75 heavy (non-hydrogen) atoms. The molecule has 2 aliphatic carbocycles. The van der Waals surface area contributed by atoms with Crippen LogP contribution in [-0.2, 0) is 0 Å². The van der Waals surface area contributed by atoms with Crippen molar-refractivity contribution in [1.82, 2.24) is 0 Å². The Hall–Kier alpha value is -9.14. The maximum absolute atomic E-state index is 2.69. The van der Waals surface area contributed by atoms with Crippen molar-refractivity contribution < 1.29 is 0 Å². The van der Waals surface area contributed by atoms with E-state index in [0.717, 1.165) is 0 Å². The zero-order chi connectivity index (χ0) is 49.3. The molecule has 14 aromatic carbocycles. The van der Waals surface area contributed by atoms with E-state index in [0.29, 0.717) is 0 Å². The maximum Gasteiger partial charge on any atom is 0.113 e. The monoisotopic (exact) mass is 962 g/mol. The van der Waals surface area contributed by atoms with Gasteiger partial charge in [-0.2, -0.15) is 0 Å². The summed E-state index contributed by atoms with van der Waals surface area (Å²) in [7, 11) is -2.30. The molecule has 3 aliphatic rings. The molecule has 0 radical (unpaired) electrons. The van der Waals surface area contributed by atoms with Gasteiger partial charge in [0, 0.05) is 0 Å². The van der Waals surface area contributed by atoms with Crippen LogP contribution in [0, 0.1) is 0 Å². The van der Waals surface area contributed by atoms with Crippen LogP contribution in [0.4, 0.5) is 0 Å². The number of hydrogen-bond donors (Lipinski definition) is 0. The third-order valence-electron chi connectivity index (χ3n) is 17.7. The second-order valence-corrected chi connectivity index (χ2v) is 26.1. The lowest BCUT2D eigenvalue weighted by Crippen LogP contribution is -2.49. The molecule has 0 saturated carbocycles. The van der Waals surface area contributed by atoms with Gasteiger partial charge in [0.25, 0.3) is 0 Å². The predicted molar refractivity (Wildman–Crippen MR) is 324 cm³/mol. The van der Waals surface area contributed by atoms with Crippen LogP contribution in [0.1, 0.15) is 0 Å². The van der Waals surface area contributed by atoms with Crippen LogP contribution >= 0.6 is 0 Å². The van der Waals surface area contributed by atoms with Gasteiger partial charge in [-0.1, -0.05) is 244 Å². The second-order valence-electron chi connectivity index (χ2n) is 21.8. The Kier molecular flexibility index (Phi) is 8.26. The van der Waals surface area contributed by atoms with Crippen LogP contribution < -0.4 is 10.4 Å². The third kappa shape index (κ3) is 5.55. The lowest BCUT2D eigenvalue weighted by atomic mass is 9.81. The molecule has 0 bridgehead atoms. The molecule has 0 spiro atoms. The number of hydrogen-bond acceptors (Lipinski definition) is 0. The minimum absolute atomic E-state index is 1.23. The SMILES string of the molecule is C[Si]1(C)c2cc(-c3cccc4ccccc34)ccc2-c2cc3c(-c4ccc5c6c(cccc46)-c4ccccc4-5)c4ccc(-c5cccc6ccccc56)cc4c(-c4ccc5c6c(cccc46)-c4ccccc4-5)c3cc21. The average molecular weight is 963 g/mol. The zero-order valence-electron chi connectivity index (χ0n) is 41.6. The summed E-state index contributed by atoms with van der Waals surface area (Å²) in [6.07, 6.45) is 0. The van der Waals surface area contributed by atoms with E-state index in [1.54, 1.807) is 0 Å². The van der Waals surface area contributed by atoms with E-state index in [4.69, 9.17) is 0 Å². The molecule has 0 atom stereocenters. The van der Waals surface area contributed by atoms with Gasteiger partial charge in [0.1, 0.15) is 8.07 Å². The molecule has 346 valence electrons. The number of benzene rings is 14. The van der Waals surface area contributed by atoms with Crippen molar-refractivity contribution in [3.8, 4) is 100 Å². The summed E-state index contributed by atoms with van der Waals surface area (Å²) in [6, 6.07) is 93.0. The number of rotatable bonds is 4. The Morgan fingerprint density at radius 2 is 0.587 bits per heavy atom. The first kappa shape index (κ1) is 41.3. The minimum Gasteiger partial charge on any atom is -0.0616 e.